The van der Waals surface area contributed by atoms with Gasteiger partial charge in [-0.2, -0.15) is 0 Å². The van der Waals surface area contributed by atoms with Gasteiger partial charge >= 0.3 is 0 Å². The van der Waals surface area contributed by atoms with Crippen molar-refractivity contribution in [1.29, 1.82) is 0 Å². The van der Waals surface area contributed by atoms with Crippen LogP contribution in [0.25, 0.3) is 10.2 Å². The summed E-state index contributed by atoms with van der Waals surface area (Å²) in [6, 6.07) is 7.61. The number of carbonyl (C=O) groups is 1. The number of nitrogens with zero attached hydrogens (tertiary/aromatic N) is 2. The third-order valence-electron chi connectivity index (χ3n) is 5.70. The van der Waals surface area contributed by atoms with Gasteiger partial charge in [-0.05, 0) is 43.7 Å². The van der Waals surface area contributed by atoms with E-state index in [1.807, 2.05) is 31.2 Å². The topological polar surface area (TPSA) is 73.2 Å². The number of aryl methyl sites for hydroxylation is 1. The van der Waals surface area contributed by atoms with Crippen molar-refractivity contribution in [3.63, 3.8) is 0 Å². The van der Waals surface area contributed by atoms with Crippen LogP contribution >= 0.6 is 23.1 Å². The summed E-state index contributed by atoms with van der Waals surface area (Å²) in [6.07, 6.45) is 3.10. The van der Waals surface area contributed by atoms with Crippen LogP contribution in [0.15, 0.2) is 34.2 Å². The summed E-state index contributed by atoms with van der Waals surface area (Å²) in [5, 5.41) is 4.33. The minimum absolute atomic E-state index is 0.0245. The average Bonchev–Trinajstić information content (AvgIpc) is 3.13. The van der Waals surface area contributed by atoms with E-state index in [1.54, 1.807) is 23.0 Å². The van der Waals surface area contributed by atoms with Crippen LogP contribution in [-0.4, -0.2) is 28.3 Å². The summed E-state index contributed by atoms with van der Waals surface area (Å²) in [5.74, 6) is 1.50. The predicted molar refractivity (Wildman–Crippen MR) is 126 cm³/mol. The van der Waals surface area contributed by atoms with Crippen LogP contribution in [0.5, 0.6) is 5.75 Å². The van der Waals surface area contributed by atoms with Crippen LogP contribution in [0.4, 0.5) is 0 Å². The molecule has 2 heterocycles. The number of para-hydroxylation sites is 1. The highest BCUT2D eigenvalue weighted by Gasteiger charge is 2.24. The van der Waals surface area contributed by atoms with E-state index >= 15 is 0 Å². The largest absolute Gasteiger partial charge is 0.496 e. The molecule has 6 nitrogen and oxygen atoms in total. The van der Waals surface area contributed by atoms with E-state index in [-0.39, 0.29) is 17.2 Å². The zero-order valence-corrected chi connectivity index (χ0v) is 19.7. The Hall–Kier alpha value is -2.32. The molecule has 1 atom stereocenters. The van der Waals surface area contributed by atoms with Gasteiger partial charge in [0.25, 0.3) is 5.56 Å². The van der Waals surface area contributed by atoms with Crippen molar-refractivity contribution in [2.75, 3.05) is 12.9 Å². The fourth-order valence-corrected chi connectivity index (χ4v) is 6.33. The number of thioether (sulfide) groups is 1. The summed E-state index contributed by atoms with van der Waals surface area (Å²) >= 11 is 2.96. The van der Waals surface area contributed by atoms with E-state index in [2.05, 4.69) is 12.2 Å². The van der Waals surface area contributed by atoms with Crippen molar-refractivity contribution in [3.8, 4) is 5.75 Å². The predicted octanol–water partition coefficient (Wildman–Crippen LogP) is 4.02. The number of rotatable bonds is 7. The molecule has 1 unspecified atom stereocenters. The smallest absolute Gasteiger partial charge is 0.263 e. The average molecular weight is 458 g/mol. The Morgan fingerprint density at radius 2 is 2.19 bits per heavy atom. The lowest BCUT2D eigenvalue weighted by atomic mass is 9.89. The maximum Gasteiger partial charge on any atom is 0.263 e. The molecular weight excluding hydrogens is 430 g/mol. The highest BCUT2D eigenvalue weighted by molar-refractivity contribution is 7.99. The second-order valence-corrected chi connectivity index (χ2v) is 9.88. The van der Waals surface area contributed by atoms with Gasteiger partial charge in [-0.3, -0.25) is 14.2 Å². The molecule has 8 heteroatoms. The summed E-state index contributed by atoms with van der Waals surface area (Å²) in [7, 11) is 1.62. The second-order valence-electron chi connectivity index (χ2n) is 7.85. The molecule has 0 spiro atoms. The van der Waals surface area contributed by atoms with E-state index in [1.165, 1.54) is 22.2 Å². The molecule has 0 bridgehead atoms. The maximum atomic E-state index is 13.2. The first-order valence-electron chi connectivity index (χ1n) is 10.6. The molecule has 31 heavy (non-hydrogen) atoms. The maximum absolute atomic E-state index is 13.2. The molecule has 0 saturated heterocycles. The lowest BCUT2D eigenvalue weighted by Crippen LogP contribution is -2.26. The number of carbonyl (C=O) groups excluding carboxylic acids is 1. The van der Waals surface area contributed by atoms with Crippen LogP contribution in [0, 0.1) is 5.92 Å². The van der Waals surface area contributed by atoms with Gasteiger partial charge in [-0.1, -0.05) is 36.9 Å². The summed E-state index contributed by atoms with van der Waals surface area (Å²) in [5.41, 5.74) is 2.15. The van der Waals surface area contributed by atoms with E-state index in [9.17, 15) is 9.59 Å². The van der Waals surface area contributed by atoms with E-state index in [4.69, 9.17) is 9.72 Å². The number of hydrogen-bond donors (Lipinski definition) is 1. The second kappa shape index (κ2) is 9.44. The van der Waals surface area contributed by atoms with Crippen molar-refractivity contribution in [2.24, 2.45) is 5.92 Å². The van der Waals surface area contributed by atoms with E-state index in [0.717, 1.165) is 40.8 Å². The Kier molecular flexibility index (Phi) is 6.67. The Balaban J connectivity index is 1.50. The quantitative estimate of drug-likeness (QED) is 0.429. The van der Waals surface area contributed by atoms with Gasteiger partial charge < -0.3 is 10.1 Å². The molecule has 3 aromatic rings. The number of benzene rings is 1. The molecule has 164 valence electrons. The van der Waals surface area contributed by atoms with E-state index < -0.39 is 0 Å². The first-order valence-corrected chi connectivity index (χ1v) is 12.4. The number of methoxy groups -OCH3 is 1. The first kappa shape index (κ1) is 21.9. The lowest BCUT2D eigenvalue weighted by molar-refractivity contribution is -0.118. The normalized spacial score (nSPS) is 15.6. The third-order valence-corrected chi connectivity index (χ3v) is 7.82. The number of amides is 1. The Morgan fingerprint density at radius 3 is 2.97 bits per heavy atom. The summed E-state index contributed by atoms with van der Waals surface area (Å²) in [4.78, 5) is 32.6. The number of ether oxygens (including phenoxy) is 1. The summed E-state index contributed by atoms with van der Waals surface area (Å²) in [6.45, 7) is 5.14. The molecule has 2 aromatic heterocycles. The van der Waals surface area contributed by atoms with Gasteiger partial charge in [0.2, 0.25) is 5.91 Å². The number of nitrogens with one attached hydrogen (secondary N) is 1. The van der Waals surface area contributed by atoms with Gasteiger partial charge in [0, 0.05) is 23.5 Å². The standard InChI is InChI=1S/C23H27N3O3S2/c1-4-26-22(28)20-16-10-9-14(2)11-18(16)31-21(20)25-23(26)30-13-19(27)24-12-15-7-5-6-8-17(15)29-3/h5-8,14H,4,9-13H2,1-3H3,(H,24,27). The monoisotopic (exact) mass is 457 g/mol. The zero-order chi connectivity index (χ0) is 22.0. The third kappa shape index (κ3) is 4.50. The highest BCUT2D eigenvalue weighted by Crippen LogP contribution is 2.36. The lowest BCUT2D eigenvalue weighted by Gasteiger charge is -2.17. The van der Waals surface area contributed by atoms with Crippen LogP contribution in [0.3, 0.4) is 0 Å². The van der Waals surface area contributed by atoms with Crippen molar-refractivity contribution < 1.29 is 9.53 Å². The minimum atomic E-state index is -0.104. The van der Waals surface area contributed by atoms with Crippen LogP contribution < -0.4 is 15.6 Å². The fraction of sp³-hybridized carbons (Fsp3) is 0.435. The van der Waals surface area contributed by atoms with Crippen LogP contribution in [-0.2, 0) is 30.7 Å². The van der Waals surface area contributed by atoms with Crippen molar-refractivity contribution in [2.45, 2.75) is 51.4 Å². The van der Waals surface area contributed by atoms with Gasteiger partial charge in [-0.25, -0.2) is 4.98 Å². The molecule has 0 aliphatic heterocycles. The van der Waals surface area contributed by atoms with Gasteiger partial charge in [-0.15, -0.1) is 11.3 Å². The number of fused-ring (bicyclic) bond motifs is 3. The number of thiophene rings is 1. The van der Waals surface area contributed by atoms with Gasteiger partial charge in [0.05, 0.1) is 18.2 Å². The van der Waals surface area contributed by atoms with Crippen molar-refractivity contribution >= 4 is 39.2 Å². The molecule has 0 fully saturated rings. The Labute approximate surface area is 190 Å². The fourth-order valence-electron chi connectivity index (χ4n) is 4.02. The van der Waals surface area contributed by atoms with Gasteiger partial charge in [0.1, 0.15) is 10.6 Å². The molecule has 1 amide bonds. The van der Waals surface area contributed by atoms with Crippen LogP contribution in [0.1, 0.15) is 36.3 Å². The highest BCUT2D eigenvalue weighted by atomic mass is 32.2. The minimum Gasteiger partial charge on any atom is -0.496 e. The molecule has 1 N–H and O–H groups in total. The first-order chi connectivity index (χ1) is 15.0. The summed E-state index contributed by atoms with van der Waals surface area (Å²) < 4.78 is 7.03. The molecule has 1 aromatic carbocycles. The Morgan fingerprint density at radius 1 is 1.39 bits per heavy atom. The van der Waals surface area contributed by atoms with Crippen LogP contribution in [0.2, 0.25) is 0 Å². The molecular formula is C23H27N3O3S2. The molecule has 1 aliphatic rings. The molecule has 1 aliphatic carbocycles. The zero-order valence-electron chi connectivity index (χ0n) is 18.1. The number of aromatic nitrogens is 2. The van der Waals surface area contributed by atoms with Gasteiger partial charge in [0.15, 0.2) is 5.16 Å². The molecule has 4 rings (SSSR count). The SMILES string of the molecule is CCn1c(SCC(=O)NCc2ccccc2OC)nc2sc3c(c2c1=O)CCC(C)C3. The number of hydrogen-bond acceptors (Lipinski definition) is 6. The molecule has 0 radical (unpaired) electrons. The Bertz CT molecular complexity index is 1170. The van der Waals surface area contributed by atoms with E-state index in [0.29, 0.717) is 24.2 Å². The molecule has 0 saturated carbocycles. The van der Waals surface area contributed by atoms with Crippen molar-refractivity contribution in [3.05, 3.63) is 50.6 Å². The van der Waals surface area contributed by atoms with Crippen molar-refractivity contribution in [1.82, 2.24) is 14.9 Å².